The van der Waals surface area contributed by atoms with Crippen molar-refractivity contribution in [3.63, 3.8) is 0 Å². The molecule has 5 heteroatoms. The average molecular weight is 174 g/mol. The fourth-order valence-electron chi connectivity index (χ4n) is 1.16. The number of fused-ring (bicyclic) bond motifs is 1. The van der Waals surface area contributed by atoms with Gasteiger partial charge in [0.1, 0.15) is 12.4 Å². The van der Waals surface area contributed by atoms with E-state index in [9.17, 15) is 0 Å². The Hall–Kier alpha value is -0.610. The summed E-state index contributed by atoms with van der Waals surface area (Å²) in [7, 11) is 0. The van der Waals surface area contributed by atoms with Gasteiger partial charge in [-0.05, 0) is 0 Å². The molecule has 60 valence electrons. The maximum absolute atomic E-state index is 5.64. The fourth-order valence-corrected chi connectivity index (χ4v) is 1.35. The normalized spacial score (nSPS) is 16.5. The van der Waals surface area contributed by atoms with Gasteiger partial charge in [0.05, 0.1) is 12.5 Å². The van der Waals surface area contributed by atoms with E-state index in [2.05, 4.69) is 10.2 Å². The number of ether oxygens (including phenoxy) is 1. The number of nitrogens with zero attached hydrogens (tertiary/aromatic N) is 3. The lowest BCUT2D eigenvalue weighted by Gasteiger charge is -2.14. The third kappa shape index (κ3) is 1.12. The molecule has 0 saturated carbocycles. The molecule has 1 aliphatic heterocycles. The number of aromatic nitrogens is 3. The quantitative estimate of drug-likeness (QED) is 0.583. The highest BCUT2D eigenvalue weighted by atomic mass is 35.5. The maximum Gasteiger partial charge on any atom is 0.159 e. The highest BCUT2D eigenvalue weighted by Gasteiger charge is 2.14. The van der Waals surface area contributed by atoms with Crippen LogP contribution in [-0.4, -0.2) is 21.4 Å². The summed E-state index contributed by atoms with van der Waals surface area (Å²) in [4.78, 5) is 0. The number of hydrogen-bond donors (Lipinski definition) is 0. The Morgan fingerprint density at radius 3 is 3.27 bits per heavy atom. The topological polar surface area (TPSA) is 39.9 Å². The minimum atomic E-state index is 0.424. The van der Waals surface area contributed by atoms with Crippen LogP contribution in [0, 0.1) is 0 Å². The van der Waals surface area contributed by atoms with Crippen LogP contribution in [0.5, 0.6) is 0 Å². The largest absolute Gasteiger partial charge is 0.372 e. The molecular weight excluding hydrogens is 166 g/mol. The second-order valence-corrected chi connectivity index (χ2v) is 2.64. The van der Waals surface area contributed by atoms with Crippen LogP contribution in [-0.2, 0) is 23.8 Å². The van der Waals surface area contributed by atoms with Gasteiger partial charge >= 0.3 is 0 Å². The van der Waals surface area contributed by atoms with Crippen LogP contribution < -0.4 is 0 Å². The molecule has 0 fully saturated rings. The van der Waals surface area contributed by atoms with Crippen LogP contribution in [0.4, 0.5) is 0 Å². The molecule has 0 aliphatic carbocycles. The van der Waals surface area contributed by atoms with Crippen molar-refractivity contribution in [3.8, 4) is 0 Å². The van der Waals surface area contributed by atoms with Gasteiger partial charge in [0.25, 0.3) is 0 Å². The molecule has 1 aliphatic rings. The van der Waals surface area contributed by atoms with Crippen molar-refractivity contribution in [1.29, 1.82) is 0 Å². The lowest BCUT2D eigenvalue weighted by atomic mass is 10.5. The Bertz CT molecular complexity index is 247. The van der Waals surface area contributed by atoms with E-state index in [0.717, 1.165) is 24.8 Å². The van der Waals surface area contributed by atoms with Crippen molar-refractivity contribution in [1.82, 2.24) is 14.8 Å². The average Bonchev–Trinajstić information content (AvgIpc) is 2.47. The molecule has 2 heterocycles. The number of rotatable bonds is 1. The van der Waals surface area contributed by atoms with Gasteiger partial charge in [-0.25, -0.2) is 0 Å². The second-order valence-electron chi connectivity index (χ2n) is 2.37. The summed E-state index contributed by atoms with van der Waals surface area (Å²) < 4.78 is 7.20. The molecule has 1 aromatic rings. The van der Waals surface area contributed by atoms with Crippen molar-refractivity contribution in [2.75, 3.05) is 6.61 Å². The van der Waals surface area contributed by atoms with Crippen molar-refractivity contribution in [3.05, 3.63) is 11.6 Å². The van der Waals surface area contributed by atoms with Gasteiger partial charge < -0.3 is 9.30 Å². The predicted octanol–water partition coefficient (Wildman–Crippen LogP) is 0.547. The van der Waals surface area contributed by atoms with Crippen molar-refractivity contribution in [2.24, 2.45) is 0 Å². The van der Waals surface area contributed by atoms with Gasteiger partial charge in [-0.15, -0.1) is 21.8 Å². The lowest BCUT2D eigenvalue weighted by molar-refractivity contribution is 0.0808. The number of alkyl halides is 1. The Morgan fingerprint density at radius 1 is 1.55 bits per heavy atom. The zero-order valence-corrected chi connectivity index (χ0v) is 6.71. The first-order chi connectivity index (χ1) is 5.42. The molecule has 0 atom stereocenters. The van der Waals surface area contributed by atoms with Crippen LogP contribution in [0.15, 0.2) is 0 Å². The molecule has 2 rings (SSSR count). The van der Waals surface area contributed by atoms with Gasteiger partial charge in [0.2, 0.25) is 0 Å². The van der Waals surface area contributed by atoms with Gasteiger partial charge in [-0.3, -0.25) is 0 Å². The van der Waals surface area contributed by atoms with Gasteiger partial charge in [0, 0.05) is 6.54 Å². The van der Waals surface area contributed by atoms with E-state index in [1.807, 2.05) is 4.57 Å². The summed E-state index contributed by atoms with van der Waals surface area (Å²) in [6.07, 6.45) is 0. The van der Waals surface area contributed by atoms with E-state index < -0.39 is 0 Å². The summed E-state index contributed by atoms with van der Waals surface area (Å²) in [5.41, 5.74) is 0. The van der Waals surface area contributed by atoms with E-state index >= 15 is 0 Å². The fraction of sp³-hybridized carbons (Fsp3) is 0.667. The molecular formula is C6H8ClN3O. The minimum absolute atomic E-state index is 0.424. The highest BCUT2D eigenvalue weighted by molar-refractivity contribution is 6.16. The van der Waals surface area contributed by atoms with Crippen LogP contribution in [0.1, 0.15) is 11.6 Å². The Kier molecular flexibility index (Phi) is 1.79. The Morgan fingerprint density at radius 2 is 2.45 bits per heavy atom. The summed E-state index contributed by atoms with van der Waals surface area (Å²) in [5.74, 6) is 2.14. The van der Waals surface area contributed by atoms with Gasteiger partial charge in [0.15, 0.2) is 5.82 Å². The van der Waals surface area contributed by atoms with E-state index in [1.165, 1.54) is 0 Å². The van der Waals surface area contributed by atoms with Crippen LogP contribution in [0.2, 0.25) is 0 Å². The van der Waals surface area contributed by atoms with Crippen LogP contribution in [0.3, 0.4) is 0 Å². The molecule has 0 N–H and O–H groups in total. The maximum atomic E-state index is 5.64. The molecule has 11 heavy (non-hydrogen) atoms. The molecule has 0 aromatic carbocycles. The van der Waals surface area contributed by atoms with E-state index in [4.69, 9.17) is 16.3 Å². The van der Waals surface area contributed by atoms with E-state index in [0.29, 0.717) is 12.5 Å². The van der Waals surface area contributed by atoms with Gasteiger partial charge in [-0.2, -0.15) is 0 Å². The summed E-state index contributed by atoms with van der Waals surface area (Å²) in [6, 6.07) is 0. The zero-order valence-electron chi connectivity index (χ0n) is 5.96. The lowest BCUT2D eigenvalue weighted by Crippen LogP contribution is -2.18. The first-order valence-electron chi connectivity index (χ1n) is 3.46. The highest BCUT2D eigenvalue weighted by Crippen LogP contribution is 2.10. The van der Waals surface area contributed by atoms with Gasteiger partial charge in [-0.1, -0.05) is 0 Å². The molecule has 0 unspecified atom stereocenters. The predicted molar refractivity (Wildman–Crippen MR) is 39.2 cm³/mol. The third-order valence-electron chi connectivity index (χ3n) is 1.71. The second kappa shape index (κ2) is 2.79. The molecule has 0 amide bonds. The van der Waals surface area contributed by atoms with Crippen LogP contribution in [0.25, 0.3) is 0 Å². The molecule has 0 bridgehead atoms. The first-order valence-corrected chi connectivity index (χ1v) is 4.00. The molecule has 4 nitrogen and oxygen atoms in total. The summed E-state index contributed by atoms with van der Waals surface area (Å²) >= 11 is 5.64. The summed E-state index contributed by atoms with van der Waals surface area (Å²) in [5, 5.41) is 7.85. The van der Waals surface area contributed by atoms with E-state index in [-0.39, 0.29) is 0 Å². The third-order valence-corrected chi connectivity index (χ3v) is 1.95. The smallest absolute Gasteiger partial charge is 0.159 e. The standard InChI is InChI=1S/C6H8ClN3O/c7-3-5-8-9-6-4-11-2-1-10(5)6/h1-4H2. The van der Waals surface area contributed by atoms with E-state index in [1.54, 1.807) is 0 Å². The van der Waals surface area contributed by atoms with Crippen molar-refractivity contribution >= 4 is 11.6 Å². The first kappa shape index (κ1) is 7.06. The number of hydrogen-bond acceptors (Lipinski definition) is 3. The van der Waals surface area contributed by atoms with Crippen LogP contribution >= 0.6 is 11.6 Å². The molecule has 0 spiro atoms. The van der Waals surface area contributed by atoms with Crippen molar-refractivity contribution < 1.29 is 4.74 Å². The SMILES string of the molecule is ClCc1nnc2n1CCOC2. The Labute approximate surface area is 69.1 Å². The summed E-state index contributed by atoms with van der Waals surface area (Å²) in [6.45, 7) is 2.11. The Balaban J connectivity index is 2.38. The molecule has 0 saturated heterocycles. The van der Waals surface area contributed by atoms with Crippen molar-refractivity contribution in [2.45, 2.75) is 19.0 Å². The monoisotopic (exact) mass is 173 g/mol. The molecule has 1 aromatic heterocycles. The zero-order chi connectivity index (χ0) is 7.68. The minimum Gasteiger partial charge on any atom is -0.372 e. The molecule has 0 radical (unpaired) electrons. The number of halogens is 1.